The summed E-state index contributed by atoms with van der Waals surface area (Å²) in [5, 5.41) is 54.6. The first-order chi connectivity index (χ1) is 35.4. The Hall–Kier alpha value is -7.08. The van der Waals surface area contributed by atoms with Gasteiger partial charge in [0.05, 0.1) is 42.7 Å². The van der Waals surface area contributed by atoms with Crippen LogP contribution >= 0.6 is 22.7 Å². The molecule has 4 aromatic carbocycles. The standard InChI is InChI=1S/2C24H25FN2O3S.2C2H2O4/c2*1-15-12-16(24-26-23-19(25)4-2-7-22(23)31-24)8-10-27(15)13-17(28)14-30-21-6-3-5-20-18(21)9-11-29-20;2*3-1(4)2(5)6/h2*2-7,9,11,15-17,28H,8,10,12-14H2,1H3;2*(H,3,4)(H,5,6)/t15-,16-,17+;15-,16-,17-;;/m10../s1. The maximum Gasteiger partial charge on any atom is 0.414 e. The Bertz CT molecular complexity index is 2960. The van der Waals surface area contributed by atoms with Crippen LogP contribution in [0.4, 0.5) is 8.78 Å². The van der Waals surface area contributed by atoms with E-state index in [1.54, 1.807) is 47.3 Å². The maximum absolute atomic E-state index is 14.0. The molecule has 18 nitrogen and oxygen atoms in total. The van der Waals surface area contributed by atoms with Gasteiger partial charge in [0, 0.05) is 37.0 Å². The molecule has 0 bridgehead atoms. The topological polar surface area (TPSA) is 267 Å². The van der Waals surface area contributed by atoms with Gasteiger partial charge < -0.3 is 48.9 Å². The third-order valence-electron chi connectivity index (χ3n) is 12.5. The minimum Gasteiger partial charge on any atom is -0.490 e. The number of aliphatic carboxylic acids is 4. The number of hydrogen-bond donors (Lipinski definition) is 6. The number of fused-ring (bicyclic) bond motifs is 4. The number of benzene rings is 4. The molecule has 10 rings (SSSR count). The van der Waals surface area contributed by atoms with Crippen molar-refractivity contribution in [2.45, 2.75) is 75.7 Å². The van der Waals surface area contributed by atoms with Gasteiger partial charge in [-0.05, 0) is 113 Å². The molecule has 74 heavy (non-hydrogen) atoms. The average Bonchev–Trinajstić information content (AvgIpc) is 4.22. The van der Waals surface area contributed by atoms with Crippen molar-refractivity contribution >= 4 is 88.9 Å². The lowest BCUT2D eigenvalue weighted by molar-refractivity contribution is -0.159. The highest BCUT2D eigenvalue weighted by molar-refractivity contribution is 7.19. The van der Waals surface area contributed by atoms with Crippen LogP contribution in [0, 0.1) is 11.6 Å². The average molecular weight is 1060 g/mol. The predicted octanol–water partition coefficient (Wildman–Crippen LogP) is 8.69. The van der Waals surface area contributed by atoms with Gasteiger partial charge in [0.15, 0.2) is 0 Å². The first kappa shape index (κ1) is 54.7. The molecule has 392 valence electrons. The van der Waals surface area contributed by atoms with Gasteiger partial charge in [0.25, 0.3) is 0 Å². The zero-order chi connectivity index (χ0) is 53.1. The van der Waals surface area contributed by atoms with Crippen molar-refractivity contribution in [2.24, 2.45) is 0 Å². The molecule has 2 aliphatic heterocycles. The number of furan rings is 2. The zero-order valence-electron chi connectivity index (χ0n) is 40.1. The van der Waals surface area contributed by atoms with Gasteiger partial charge in [-0.2, -0.15) is 0 Å². The number of piperidine rings is 2. The quantitative estimate of drug-likeness (QED) is 0.0625. The molecule has 0 radical (unpaired) electrons. The number of halogens is 2. The molecule has 2 fully saturated rings. The molecule has 0 unspecified atom stereocenters. The number of β-amino-alcohol motifs (C(OH)–C–C–N with tert-alkyl or cyclic N) is 2. The number of ether oxygens (including phenoxy) is 2. The van der Waals surface area contributed by atoms with Crippen molar-refractivity contribution in [3.63, 3.8) is 0 Å². The SMILES string of the molecule is C[C@@H]1C[C@H](c2nc3c(F)cccc3s2)CCN1C[C@H](O)COc1cccc2occc12.C[C@H]1C[C@@H](c2nc3c(F)cccc3s2)CCN1C[C@H](O)COc1cccc2occc12.O=C(O)C(=O)O.O=C(O)C(=O)O. The van der Waals surface area contributed by atoms with E-state index >= 15 is 0 Å². The normalized spacial score (nSPS) is 18.8. The van der Waals surface area contributed by atoms with Crippen LogP contribution in [0.5, 0.6) is 11.5 Å². The van der Waals surface area contributed by atoms with E-state index < -0.39 is 36.1 Å². The van der Waals surface area contributed by atoms with E-state index in [0.29, 0.717) is 48.0 Å². The van der Waals surface area contributed by atoms with Gasteiger partial charge in [-0.3, -0.25) is 9.80 Å². The number of likely N-dealkylation sites (tertiary alicyclic amines) is 2. The van der Waals surface area contributed by atoms with Crippen LogP contribution in [0.25, 0.3) is 42.4 Å². The first-order valence-corrected chi connectivity index (χ1v) is 25.1. The molecular weight excluding hydrogens is 1010 g/mol. The number of nitrogens with zero attached hydrogens (tertiary/aromatic N) is 4. The highest BCUT2D eigenvalue weighted by Gasteiger charge is 2.31. The monoisotopic (exact) mass is 1060 g/mol. The number of aromatic nitrogens is 2. The van der Waals surface area contributed by atoms with E-state index in [1.807, 2.05) is 60.7 Å². The molecule has 22 heteroatoms. The van der Waals surface area contributed by atoms with E-state index in [0.717, 1.165) is 91.6 Å². The summed E-state index contributed by atoms with van der Waals surface area (Å²) in [5.74, 6) is -5.69. The number of para-hydroxylation sites is 2. The highest BCUT2D eigenvalue weighted by atomic mass is 32.1. The third kappa shape index (κ3) is 14.1. The van der Waals surface area contributed by atoms with Crippen LogP contribution in [0.15, 0.2) is 106 Å². The van der Waals surface area contributed by atoms with Crippen LogP contribution in [-0.2, 0) is 19.2 Å². The molecule has 6 atom stereocenters. The van der Waals surface area contributed by atoms with E-state index in [-0.39, 0.29) is 24.8 Å². The van der Waals surface area contributed by atoms with Gasteiger partial charge in [-0.25, -0.2) is 37.9 Å². The number of carboxylic acid groups (broad SMARTS) is 4. The number of carboxylic acids is 4. The number of rotatable bonds is 12. The van der Waals surface area contributed by atoms with Crippen molar-refractivity contribution in [2.75, 3.05) is 39.4 Å². The maximum atomic E-state index is 14.0. The second-order valence-corrected chi connectivity index (χ2v) is 19.9. The lowest BCUT2D eigenvalue weighted by Gasteiger charge is -2.38. The Balaban J connectivity index is 0.000000177. The van der Waals surface area contributed by atoms with Crippen LogP contribution in [0.3, 0.4) is 0 Å². The predicted molar refractivity (Wildman–Crippen MR) is 271 cm³/mol. The van der Waals surface area contributed by atoms with Crippen molar-refractivity contribution in [1.82, 2.24) is 19.8 Å². The van der Waals surface area contributed by atoms with Gasteiger partial charge in [0.2, 0.25) is 0 Å². The summed E-state index contributed by atoms with van der Waals surface area (Å²) in [5.41, 5.74) is 2.52. The third-order valence-corrected chi connectivity index (χ3v) is 14.9. The summed E-state index contributed by atoms with van der Waals surface area (Å²) in [6.07, 6.45) is 5.91. The Morgan fingerprint density at radius 3 is 1.34 bits per heavy atom. The minimum atomic E-state index is -1.82. The van der Waals surface area contributed by atoms with Crippen molar-refractivity contribution < 1.29 is 76.9 Å². The smallest absolute Gasteiger partial charge is 0.414 e. The number of hydrogen-bond acceptors (Lipinski definition) is 16. The number of aliphatic hydroxyl groups excluding tert-OH is 2. The molecule has 2 saturated heterocycles. The molecule has 0 aliphatic carbocycles. The summed E-state index contributed by atoms with van der Waals surface area (Å²) >= 11 is 3.19. The number of aliphatic hydroxyl groups is 2. The van der Waals surface area contributed by atoms with Crippen molar-refractivity contribution in [3.8, 4) is 11.5 Å². The lowest BCUT2D eigenvalue weighted by atomic mass is 9.92. The Morgan fingerprint density at radius 1 is 0.608 bits per heavy atom. The Morgan fingerprint density at radius 2 is 0.986 bits per heavy atom. The summed E-state index contributed by atoms with van der Waals surface area (Å²) in [6.45, 7) is 7.69. The van der Waals surface area contributed by atoms with Crippen LogP contribution in [0.2, 0.25) is 0 Å². The van der Waals surface area contributed by atoms with Gasteiger partial charge >= 0.3 is 23.9 Å². The molecular formula is C52H54F2N4O14S2. The van der Waals surface area contributed by atoms with E-state index in [4.69, 9.17) is 57.9 Å². The van der Waals surface area contributed by atoms with E-state index in [1.165, 1.54) is 12.1 Å². The van der Waals surface area contributed by atoms with Gasteiger partial charge in [-0.1, -0.05) is 24.3 Å². The van der Waals surface area contributed by atoms with Gasteiger partial charge in [0.1, 0.15) is 70.8 Å². The summed E-state index contributed by atoms with van der Waals surface area (Å²) < 4.78 is 52.4. The van der Waals surface area contributed by atoms with Gasteiger partial charge in [-0.15, -0.1) is 22.7 Å². The van der Waals surface area contributed by atoms with E-state index in [9.17, 15) is 19.0 Å². The first-order valence-electron chi connectivity index (χ1n) is 23.5. The molecule has 0 saturated carbocycles. The molecule has 0 amide bonds. The second-order valence-electron chi connectivity index (χ2n) is 17.7. The van der Waals surface area contributed by atoms with Crippen LogP contribution < -0.4 is 9.47 Å². The van der Waals surface area contributed by atoms with Crippen LogP contribution in [0.1, 0.15) is 61.4 Å². The number of thiazole rings is 2. The van der Waals surface area contributed by atoms with E-state index in [2.05, 4.69) is 33.6 Å². The fraction of sp³-hybridized carbons (Fsp3) is 0.346. The summed E-state index contributed by atoms with van der Waals surface area (Å²) in [6, 6.07) is 26.0. The molecule has 0 spiro atoms. The van der Waals surface area contributed by atoms with Crippen molar-refractivity contribution in [1.29, 1.82) is 0 Å². The summed E-state index contributed by atoms with van der Waals surface area (Å²) in [7, 11) is 0. The lowest BCUT2D eigenvalue weighted by Crippen LogP contribution is -2.45. The highest BCUT2D eigenvalue weighted by Crippen LogP contribution is 2.38. The Labute approximate surface area is 429 Å². The zero-order valence-corrected chi connectivity index (χ0v) is 41.7. The fourth-order valence-electron chi connectivity index (χ4n) is 8.85. The number of carbonyl (C=O) groups is 4. The fourth-order valence-corrected chi connectivity index (χ4v) is 11.1. The Kier molecular flexibility index (Phi) is 18.7. The van der Waals surface area contributed by atoms with Crippen LogP contribution in [-0.4, -0.2) is 138 Å². The van der Waals surface area contributed by atoms with Crippen molar-refractivity contribution in [3.05, 3.63) is 119 Å². The molecule has 8 aromatic rings. The molecule has 4 aromatic heterocycles. The minimum absolute atomic E-state index is 0.230. The largest absolute Gasteiger partial charge is 0.490 e. The second kappa shape index (κ2) is 25.2. The summed E-state index contributed by atoms with van der Waals surface area (Å²) in [4.78, 5) is 50.2. The molecule has 6 N–H and O–H groups in total. The molecule has 6 heterocycles. The molecule has 2 aliphatic rings.